The predicted molar refractivity (Wildman–Crippen MR) is 111 cm³/mol. The van der Waals surface area contributed by atoms with Crippen LogP contribution < -0.4 is 5.32 Å². The van der Waals surface area contributed by atoms with E-state index >= 15 is 0 Å². The lowest BCUT2D eigenvalue weighted by molar-refractivity contribution is 0.101. The minimum Gasteiger partial charge on any atom is -0.333 e. The molecular weight excluding hydrogens is 356 g/mol. The molecule has 0 aliphatic heterocycles. The van der Waals surface area contributed by atoms with Crippen molar-refractivity contribution in [1.82, 2.24) is 14.3 Å². The molecule has 1 aromatic carbocycles. The van der Waals surface area contributed by atoms with Crippen molar-refractivity contribution in [2.24, 2.45) is 0 Å². The highest BCUT2D eigenvalue weighted by Crippen LogP contribution is 2.28. The normalized spacial score (nSPS) is 11.4. The van der Waals surface area contributed by atoms with Gasteiger partial charge in [-0.25, -0.2) is 0 Å². The number of rotatable bonds is 5. The van der Waals surface area contributed by atoms with Crippen molar-refractivity contribution in [2.45, 2.75) is 33.4 Å². The minimum absolute atomic E-state index is 0.109. The fourth-order valence-corrected chi connectivity index (χ4v) is 4.08. The Kier molecular flexibility index (Phi) is 4.58. The summed E-state index contributed by atoms with van der Waals surface area (Å²) in [6, 6.07) is 12.6. The number of thiophene rings is 1. The van der Waals surface area contributed by atoms with E-state index in [-0.39, 0.29) is 11.9 Å². The Morgan fingerprint density at radius 3 is 2.74 bits per heavy atom. The zero-order valence-corrected chi connectivity index (χ0v) is 16.5. The van der Waals surface area contributed by atoms with E-state index in [1.54, 1.807) is 17.5 Å². The third-order valence-corrected chi connectivity index (χ3v) is 5.42. The number of amides is 1. The largest absolute Gasteiger partial charge is 0.333 e. The van der Waals surface area contributed by atoms with Gasteiger partial charge in [0.2, 0.25) is 0 Å². The summed E-state index contributed by atoms with van der Waals surface area (Å²) in [5, 5.41) is 9.41. The van der Waals surface area contributed by atoms with Gasteiger partial charge in [-0.2, -0.15) is 5.10 Å². The molecule has 138 valence electrons. The van der Waals surface area contributed by atoms with Gasteiger partial charge in [-0.1, -0.05) is 29.8 Å². The molecule has 0 saturated carbocycles. The summed E-state index contributed by atoms with van der Waals surface area (Å²) in [6.45, 7) is 6.93. The van der Waals surface area contributed by atoms with Crippen LogP contribution in [0.5, 0.6) is 0 Å². The third-order valence-electron chi connectivity index (χ3n) is 4.57. The van der Waals surface area contributed by atoms with Gasteiger partial charge in [-0.3, -0.25) is 9.48 Å². The zero-order chi connectivity index (χ0) is 19.0. The van der Waals surface area contributed by atoms with E-state index in [0.29, 0.717) is 17.9 Å². The maximum absolute atomic E-state index is 12.8. The third kappa shape index (κ3) is 3.53. The van der Waals surface area contributed by atoms with E-state index < -0.39 is 0 Å². The lowest BCUT2D eigenvalue weighted by atomic mass is 10.1. The monoisotopic (exact) mass is 378 g/mol. The van der Waals surface area contributed by atoms with E-state index in [1.807, 2.05) is 16.9 Å². The van der Waals surface area contributed by atoms with Crippen molar-refractivity contribution in [1.29, 1.82) is 0 Å². The highest BCUT2D eigenvalue weighted by molar-refractivity contribution is 7.17. The molecule has 0 aliphatic rings. The van der Waals surface area contributed by atoms with Crippen LogP contribution in [-0.4, -0.2) is 20.3 Å². The van der Waals surface area contributed by atoms with Crippen LogP contribution in [0.3, 0.4) is 0 Å². The van der Waals surface area contributed by atoms with Gasteiger partial charge in [0.1, 0.15) is 5.69 Å². The van der Waals surface area contributed by atoms with Crippen molar-refractivity contribution in [3.63, 3.8) is 0 Å². The maximum Gasteiger partial charge on any atom is 0.272 e. The summed E-state index contributed by atoms with van der Waals surface area (Å²) < 4.78 is 5.04. The summed E-state index contributed by atoms with van der Waals surface area (Å²) in [6.07, 6.45) is 3.56. The molecule has 1 N–H and O–H groups in total. The molecular formula is C21H22N4OS. The second kappa shape index (κ2) is 7.04. The molecule has 0 saturated heterocycles. The van der Waals surface area contributed by atoms with Crippen molar-refractivity contribution in [3.05, 3.63) is 71.0 Å². The summed E-state index contributed by atoms with van der Waals surface area (Å²) in [4.78, 5) is 12.8. The molecule has 0 bridgehead atoms. The van der Waals surface area contributed by atoms with E-state index in [0.717, 1.165) is 10.2 Å². The number of nitrogens with zero attached hydrogens (tertiary/aromatic N) is 3. The van der Waals surface area contributed by atoms with Crippen LogP contribution in [0.4, 0.5) is 5.69 Å². The van der Waals surface area contributed by atoms with Gasteiger partial charge in [0.25, 0.3) is 5.91 Å². The topological polar surface area (TPSA) is 51.9 Å². The molecule has 6 heteroatoms. The first kappa shape index (κ1) is 17.5. The van der Waals surface area contributed by atoms with Crippen molar-refractivity contribution < 1.29 is 4.79 Å². The fourth-order valence-electron chi connectivity index (χ4n) is 3.27. The number of carbonyl (C=O) groups is 1. The Morgan fingerprint density at radius 2 is 2.00 bits per heavy atom. The second-order valence-electron chi connectivity index (χ2n) is 7.03. The molecule has 27 heavy (non-hydrogen) atoms. The lowest BCUT2D eigenvalue weighted by Gasteiger charge is -2.13. The van der Waals surface area contributed by atoms with Crippen molar-refractivity contribution in [3.8, 4) is 0 Å². The van der Waals surface area contributed by atoms with Crippen LogP contribution in [0.15, 0.2) is 54.2 Å². The van der Waals surface area contributed by atoms with E-state index in [4.69, 9.17) is 0 Å². The van der Waals surface area contributed by atoms with Crippen LogP contribution in [0, 0.1) is 6.92 Å². The lowest BCUT2D eigenvalue weighted by Crippen LogP contribution is -2.17. The first-order valence-electron chi connectivity index (χ1n) is 8.99. The van der Waals surface area contributed by atoms with Gasteiger partial charge in [0, 0.05) is 12.2 Å². The van der Waals surface area contributed by atoms with Gasteiger partial charge in [0.15, 0.2) is 0 Å². The number of anilines is 1. The maximum atomic E-state index is 12.8. The van der Waals surface area contributed by atoms with E-state index in [2.05, 4.69) is 71.5 Å². The average molecular weight is 379 g/mol. The summed E-state index contributed by atoms with van der Waals surface area (Å²) in [5.41, 5.74) is 4.90. The molecule has 0 atom stereocenters. The van der Waals surface area contributed by atoms with Crippen LogP contribution in [0.25, 0.3) is 10.2 Å². The Balaban J connectivity index is 1.52. The molecule has 0 fully saturated rings. The molecule has 4 aromatic rings. The Bertz CT molecular complexity index is 1090. The fraction of sp³-hybridized carbons (Fsp3) is 0.238. The van der Waals surface area contributed by atoms with Gasteiger partial charge < -0.3 is 9.88 Å². The van der Waals surface area contributed by atoms with Gasteiger partial charge in [-0.05, 0) is 43.8 Å². The molecule has 0 spiro atoms. The van der Waals surface area contributed by atoms with Gasteiger partial charge in [0.05, 0.1) is 28.6 Å². The number of aromatic nitrogens is 3. The van der Waals surface area contributed by atoms with Crippen LogP contribution >= 0.6 is 11.3 Å². The zero-order valence-electron chi connectivity index (χ0n) is 15.6. The molecule has 3 heterocycles. The quantitative estimate of drug-likeness (QED) is 0.526. The second-order valence-corrected chi connectivity index (χ2v) is 7.98. The number of fused-ring (bicyclic) bond motifs is 1. The SMILES string of the molecule is Cc1ccc(Cn2cc(NC(=O)c3cc4sccc4n3C(C)C)cn2)cc1. The van der Waals surface area contributed by atoms with Crippen LogP contribution in [0.1, 0.15) is 41.5 Å². The summed E-state index contributed by atoms with van der Waals surface area (Å²) >= 11 is 1.65. The standard InChI is InChI=1S/C21H22N4OS/c1-14(2)25-18-8-9-27-20(18)10-19(25)21(26)23-17-11-22-24(13-17)12-16-6-4-15(3)5-7-16/h4-11,13-14H,12H2,1-3H3,(H,23,26). The summed E-state index contributed by atoms with van der Waals surface area (Å²) in [5.74, 6) is -0.109. The predicted octanol–water partition coefficient (Wildman–Crippen LogP) is 5.09. The molecule has 1 amide bonds. The number of nitrogens with one attached hydrogen (secondary N) is 1. The first-order valence-corrected chi connectivity index (χ1v) is 9.87. The molecule has 0 unspecified atom stereocenters. The Morgan fingerprint density at radius 1 is 1.22 bits per heavy atom. The number of benzene rings is 1. The van der Waals surface area contributed by atoms with Gasteiger partial charge >= 0.3 is 0 Å². The highest BCUT2D eigenvalue weighted by Gasteiger charge is 2.18. The van der Waals surface area contributed by atoms with Crippen LogP contribution in [0.2, 0.25) is 0 Å². The summed E-state index contributed by atoms with van der Waals surface area (Å²) in [7, 11) is 0. The molecule has 0 aliphatic carbocycles. The van der Waals surface area contributed by atoms with E-state index in [9.17, 15) is 4.79 Å². The van der Waals surface area contributed by atoms with Gasteiger partial charge in [-0.15, -0.1) is 11.3 Å². The molecule has 0 radical (unpaired) electrons. The molecule has 3 aromatic heterocycles. The highest BCUT2D eigenvalue weighted by atomic mass is 32.1. The molecule has 4 rings (SSSR count). The average Bonchev–Trinajstić information content (AvgIpc) is 3.32. The van der Waals surface area contributed by atoms with Crippen molar-refractivity contribution in [2.75, 3.05) is 5.32 Å². The molecule has 5 nitrogen and oxygen atoms in total. The smallest absolute Gasteiger partial charge is 0.272 e. The minimum atomic E-state index is -0.109. The Hall–Kier alpha value is -2.86. The first-order chi connectivity index (χ1) is 13.0. The van der Waals surface area contributed by atoms with Crippen molar-refractivity contribution >= 4 is 33.1 Å². The van der Waals surface area contributed by atoms with Crippen LogP contribution in [-0.2, 0) is 6.54 Å². The Labute approximate surface area is 162 Å². The van der Waals surface area contributed by atoms with E-state index in [1.165, 1.54) is 11.1 Å². The number of hydrogen-bond acceptors (Lipinski definition) is 3. The number of aryl methyl sites for hydroxylation is 1. The number of carbonyl (C=O) groups excluding carboxylic acids is 1. The number of hydrogen-bond donors (Lipinski definition) is 1.